The summed E-state index contributed by atoms with van der Waals surface area (Å²) in [7, 11) is 3.55. The van der Waals surface area contributed by atoms with E-state index >= 15 is 0 Å². The molecule has 0 spiro atoms. The molecule has 154 valence electrons. The van der Waals surface area contributed by atoms with Crippen LogP contribution in [0.5, 0.6) is 0 Å². The van der Waals surface area contributed by atoms with Crippen LogP contribution in [0.3, 0.4) is 0 Å². The van der Waals surface area contributed by atoms with Crippen LogP contribution in [0.4, 0.5) is 5.69 Å². The van der Waals surface area contributed by atoms with Gasteiger partial charge in [-0.15, -0.1) is 11.3 Å². The van der Waals surface area contributed by atoms with Crippen LogP contribution in [0.2, 0.25) is 5.02 Å². The monoisotopic (exact) mass is 431 g/mol. The number of hydrogen-bond donors (Lipinski definition) is 0. The van der Waals surface area contributed by atoms with Gasteiger partial charge in [-0.05, 0) is 43.0 Å². The van der Waals surface area contributed by atoms with Crippen LogP contribution in [0, 0.1) is 5.92 Å². The van der Waals surface area contributed by atoms with Crippen molar-refractivity contribution >= 4 is 40.4 Å². The van der Waals surface area contributed by atoms with Crippen molar-refractivity contribution < 1.29 is 9.59 Å². The Kier molecular flexibility index (Phi) is 5.83. The minimum absolute atomic E-state index is 0.0197. The smallest absolute Gasteiger partial charge is 0.263 e. The molecule has 1 aliphatic heterocycles. The fourth-order valence-electron chi connectivity index (χ4n) is 4.19. The Balaban J connectivity index is 1.38. The summed E-state index contributed by atoms with van der Waals surface area (Å²) in [5, 5.41) is 0.757. The number of piperazine rings is 1. The molecule has 1 atom stereocenters. The molecule has 2 aromatic rings. The van der Waals surface area contributed by atoms with E-state index in [9.17, 15) is 9.59 Å². The molecule has 0 radical (unpaired) electrons. The summed E-state index contributed by atoms with van der Waals surface area (Å²) in [5.74, 6) is 0.315. The molecule has 4 rings (SSSR count). The van der Waals surface area contributed by atoms with E-state index in [2.05, 4.69) is 4.90 Å². The number of anilines is 1. The maximum atomic E-state index is 13.1. The molecule has 1 aliphatic carbocycles. The molecule has 1 unspecified atom stereocenters. The fraction of sp³-hybridized carbons (Fsp3) is 0.455. The molecular formula is C22H26ClN3O2S. The van der Waals surface area contributed by atoms with E-state index in [-0.39, 0.29) is 17.7 Å². The quantitative estimate of drug-likeness (QED) is 0.746. The Labute approximate surface area is 180 Å². The van der Waals surface area contributed by atoms with Gasteiger partial charge in [-0.25, -0.2) is 0 Å². The second-order valence-corrected chi connectivity index (χ2v) is 9.51. The molecule has 1 fully saturated rings. The SMILES string of the molecule is CN(C)C(=O)c1cc2c(s1)CCC(C(=O)N1CCN(c3ccccc3Cl)CC1)C2. The van der Waals surface area contributed by atoms with E-state index in [0.717, 1.165) is 61.0 Å². The van der Waals surface area contributed by atoms with E-state index in [1.807, 2.05) is 35.2 Å². The summed E-state index contributed by atoms with van der Waals surface area (Å²) in [4.78, 5) is 33.3. The highest BCUT2D eigenvalue weighted by Crippen LogP contribution is 2.34. The maximum Gasteiger partial charge on any atom is 0.263 e. The first-order chi connectivity index (χ1) is 13.9. The first-order valence-corrected chi connectivity index (χ1v) is 11.2. The van der Waals surface area contributed by atoms with Gasteiger partial charge in [-0.2, -0.15) is 0 Å². The molecule has 0 N–H and O–H groups in total. The lowest BCUT2D eigenvalue weighted by atomic mass is 9.87. The number of thiophene rings is 1. The minimum atomic E-state index is 0.0197. The molecule has 1 aromatic heterocycles. The standard InChI is InChI=1S/C22H26ClN3O2S/c1-24(2)22(28)20-14-16-13-15(7-8-19(16)29-20)21(27)26-11-9-25(10-12-26)18-6-4-3-5-17(18)23/h3-6,14-15H,7-13H2,1-2H3. The van der Waals surface area contributed by atoms with Crippen LogP contribution in [-0.2, 0) is 17.6 Å². The van der Waals surface area contributed by atoms with Crippen LogP contribution in [0.1, 0.15) is 26.5 Å². The summed E-state index contributed by atoms with van der Waals surface area (Å²) in [5.41, 5.74) is 2.22. The largest absolute Gasteiger partial charge is 0.367 e. The number of rotatable bonds is 3. The minimum Gasteiger partial charge on any atom is -0.367 e. The molecule has 0 bridgehead atoms. The zero-order valence-corrected chi connectivity index (χ0v) is 18.4. The zero-order chi connectivity index (χ0) is 20.5. The highest BCUT2D eigenvalue weighted by molar-refractivity contribution is 7.14. The third-order valence-corrected chi connectivity index (χ3v) is 7.38. The Bertz CT molecular complexity index is 919. The highest BCUT2D eigenvalue weighted by Gasteiger charge is 2.32. The summed E-state index contributed by atoms with van der Waals surface area (Å²) >= 11 is 7.91. The number of hydrogen-bond acceptors (Lipinski definition) is 4. The topological polar surface area (TPSA) is 43.9 Å². The van der Waals surface area contributed by atoms with Crippen molar-refractivity contribution in [3.05, 3.63) is 50.7 Å². The number of para-hydroxylation sites is 1. The van der Waals surface area contributed by atoms with Crippen LogP contribution >= 0.6 is 22.9 Å². The molecule has 5 nitrogen and oxygen atoms in total. The van der Waals surface area contributed by atoms with E-state index in [1.165, 1.54) is 10.4 Å². The molecule has 2 aliphatic rings. The molecule has 2 amide bonds. The molecule has 2 heterocycles. The van der Waals surface area contributed by atoms with Crippen LogP contribution < -0.4 is 4.90 Å². The summed E-state index contributed by atoms with van der Waals surface area (Å²) in [6.45, 7) is 3.05. The van der Waals surface area contributed by atoms with Crippen LogP contribution in [0.15, 0.2) is 30.3 Å². The van der Waals surface area contributed by atoms with Gasteiger partial charge in [-0.1, -0.05) is 23.7 Å². The third-order valence-electron chi connectivity index (χ3n) is 5.83. The van der Waals surface area contributed by atoms with Crippen LogP contribution in [-0.4, -0.2) is 61.9 Å². The average molecular weight is 432 g/mol. The predicted molar refractivity (Wildman–Crippen MR) is 118 cm³/mol. The first kappa shape index (κ1) is 20.2. The van der Waals surface area contributed by atoms with Crippen molar-refractivity contribution in [2.24, 2.45) is 5.92 Å². The highest BCUT2D eigenvalue weighted by atomic mass is 35.5. The summed E-state index contributed by atoms with van der Waals surface area (Å²) < 4.78 is 0. The lowest BCUT2D eigenvalue weighted by Gasteiger charge is -2.38. The fourth-order valence-corrected chi connectivity index (χ4v) is 5.68. The Hall–Kier alpha value is -2.05. The average Bonchev–Trinajstić information content (AvgIpc) is 3.16. The number of benzene rings is 1. The van der Waals surface area contributed by atoms with Crippen molar-refractivity contribution in [2.45, 2.75) is 19.3 Å². The molecule has 0 saturated carbocycles. The number of carbonyl (C=O) groups is 2. The van der Waals surface area contributed by atoms with Gasteiger partial charge in [0.15, 0.2) is 0 Å². The van der Waals surface area contributed by atoms with E-state index < -0.39 is 0 Å². The number of fused-ring (bicyclic) bond motifs is 1. The van der Waals surface area contributed by atoms with Crippen molar-refractivity contribution in [2.75, 3.05) is 45.2 Å². The van der Waals surface area contributed by atoms with Crippen molar-refractivity contribution in [3.63, 3.8) is 0 Å². The van der Waals surface area contributed by atoms with Gasteiger partial charge in [0, 0.05) is 51.1 Å². The van der Waals surface area contributed by atoms with Gasteiger partial charge < -0.3 is 14.7 Å². The Morgan fingerprint density at radius 2 is 1.86 bits per heavy atom. The number of carbonyl (C=O) groups excluding carboxylic acids is 2. The normalized spacial score (nSPS) is 19.1. The van der Waals surface area contributed by atoms with Crippen molar-refractivity contribution in [1.82, 2.24) is 9.80 Å². The van der Waals surface area contributed by atoms with Gasteiger partial charge in [0.05, 0.1) is 15.6 Å². The first-order valence-electron chi connectivity index (χ1n) is 10.1. The second kappa shape index (κ2) is 8.36. The van der Waals surface area contributed by atoms with Gasteiger partial charge in [-0.3, -0.25) is 9.59 Å². The molecular weight excluding hydrogens is 406 g/mol. The van der Waals surface area contributed by atoms with E-state index in [1.54, 1.807) is 30.3 Å². The van der Waals surface area contributed by atoms with Gasteiger partial charge >= 0.3 is 0 Å². The maximum absolute atomic E-state index is 13.1. The van der Waals surface area contributed by atoms with Crippen molar-refractivity contribution in [3.8, 4) is 0 Å². The zero-order valence-electron chi connectivity index (χ0n) is 16.9. The predicted octanol–water partition coefficient (Wildman–Crippen LogP) is 3.56. The lowest BCUT2D eigenvalue weighted by Crippen LogP contribution is -2.51. The summed E-state index contributed by atoms with van der Waals surface area (Å²) in [6, 6.07) is 9.87. The van der Waals surface area contributed by atoms with E-state index in [0.29, 0.717) is 0 Å². The molecule has 1 saturated heterocycles. The third kappa shape index (κ3) is 4.14. The second-order valence-electron chi connectivity index (χ2n) is 7.96. The van der Waals surface area contributed by atoms with Crippen LogP contribution in [0.25, 0.3) is 0 Å². The van der Waals surface area contributed by atoms with Gasteiger partial charge in [0.2, 0.25) is 5.91 Å². The molecule has 1 aromatic carbocycles. The number of amides is 2. The molecule has 29 heavy (non-hydrogen) atoms. The summed E-state index contributed by atoms with van der Waals surface area (Å²) in [6.07, 6.45) is 2.50. The number of aryl methyl sites for hydroxylation is 1. The van der Waals surface area contributed by atoms with Gasteiger partial charge in [0.25, 0.3) is 5.91 Å². The Morgan fingerprint density at radius 3 is 2.55 bits per heavy atom. The number of halogens is 1. The lowest BCUT2D eigenvalue weighted by molar-refractivity contribution is -0.136. The Morgan fingerprint density at radius 1 is 1.14 bits per heavy atom. The van der Waals surface area contributed by atoms with Crippen molar-refractivity contribution in [1.29, 1.82) is 0 Å². The van der Waals surface area contributed by atoms with E-state index in [4.69, 9.17) is 11.6 Å². The van der Waals surface area contributed by atoms with Gasteiger partial charge in [0.1, 0.15) is 0 Å². The number of nitrogens with zero attached hydrogens (tertiary/aromatic N) is 3. The molecule has 7 heteroatoms.